The topological polar surface area (TPSA) is 143 Å². The van der Waals surface area contributed by atoms with E-state index in [1.54, 1.807) is 13.8 Å². The van der Waals surface area contributed by atoms with Crippen molar-refractivity contribution in [2.24, 2.45) is 5.10 Å². The van der Waals surface area contributed by atoms with Crippen molar-refractivity contribution in [3.63, 3.8) is 0 Å². The van der Waals surface area contributed by atoms with Gasteiger partial charge in [0.2, 0.25) is 5.95 Å². The Bertz CT molecular complexity index is 875. The number of nitrogens with zero attached hydrogens (tertiary/aromatic N) is 3. The molecule has 0 radical (unpaired) electrons. The highest BCUT2D eigenvalue weighted by Gasteiger charge is 2.15. The number of hydrazone groups is 1. The Morgan fingerprint density at radius 1 is 1.46 bits per heavy atom. The minimum atomic E-state index is -0.616. The van der Waals surface area contributed by atoms with Gasteiger partial charge < -0.3 is 9.84 Å². The van der Waals surface area contributed by atoms with E-state index in [-0.39, 0.29) is 34.3 Å². The van der Waals surface area contributed by atoms with Gasteiger partial charge in [-0.1, -0.05) is 0 Å². The molecule has 0 saturated carbocycles. The molecule has 2 aromatic rings. The fourth-order valence-corrected chi connectivity index (χ4v) is 1.83. The van der Waals surface area contributed by atoms with E-state index in [0.717, 1.165) is 18.3 Å². The van der Waals surface area contributed by atoms with Crippen LogP contribution in [0.5, 0.6) is 11.5 Å². The Kier molecular flexibility index (Phi) is 4.78. The van der Waals surface area contributed by atoms with E-state index in [9.17, 15) is 20.0 Å². The molecule has 126 valence electrons. The number of nitrogens with one attached hydrogen (secondary N) is 2. The van der Waals surface area contributed by atoms with Crippen molar-refractivity contribution in [1.82, 2.24) is 9.97 Å². The predicted octanol–water partition coefficient (Wildman–Crippen LogP) is 1.46. The maximum Gasteiger partial charge on any atom is 0.274 e. The van der Waals surface area contributed by atoms with Crippen LogP contribution in [0.4, 0.5) is 11.6 Å². The highest BCUT2D eigenvalue weighted by molar-refractivity contribution is 5.86. The number of aromatic hydroxyl groups is 1. The van der Waals surface area contributed by atoms with Gasteiger partial charge in [-0.25, -0.2) is 10.4 Å². The number of phenols is 1. The summed E-state index contributed by atoms with van der Waals surface area (Å²) in [6.07, 6.45) is 1.15. The number of hydrogen-bond donors (Lipinski definition) is 3. The molecular formula is C14H15N5O5. The second kappa shape index (κ2) is 6.77. The van der Waals surface area contributed by atoms with Gasteiger partial charge in [0.15, 0.2) is 11.5 Å². The van der Waals surface area contributed by atoms with Crippen molar-refractivity contribution in [1.29, 1.82) is 0 Å². The smallest absolute Gasteiger partial charge is 0.274 e. The van der Waals surface area contributed by atoms with Crippen LogP contribution in [0.3, 0.4) is 0 Å². The number of benzene rings is 1. The largest absolute Gasteiger partial charge is 0.504 e. The van der Waals surface area contributed by atoms with Crippen LogP contribution in [0.2, 0.25) is 0 Å². The maximum atomic E-state index is 11.6. The molecule has 10 heteroatoms. The minimum absolute atomic E-state index is 0.0524. The van der Waals surface area contributed by atoms with E-state index in [4.69, 9.17) is 4.74 Å². The average molecular weight is 333 g/mol. The number of nitro groups is 1. The highest BCUT2D eigenvalue weighted by atomic mass is 16.6. The van der Waals surface area contributed by atoms with Crippen LogP contribution in [-0.4, -0.2) is 33.3 Å². The first-order chi connectivity index (χ1) is 11.3. The van der Waals surface area contributed by atoms with Gasteiger partial charge in [0, 0.05) is 22.9 Å². The van der Waals surface area contributed by atoms with Crippen molar-refractivity contribution in [3.8, 4) is 11.5 Å². The molecule has 1 aromatic carbocycles. The van der Waals surface area contributed by atoms with E-state index in [1.807, 2.05) is 0 Å². The lowest BCUT2D eigenvalue weighted by atomic mass is 10.2. The number of H-pyrrole nitrogens is 1. The van der Waals surface area contributed by atoms with Crippen LogP contribution in [0.25, 0.3) is 0 Å². The molecule has 10 nitrogen and oxygen atoms in total. The second-order valence-corrected chi connectivity index (χ2v) is 4.84. The van der Waals surface area contributed by atoms with Crippen LogP contribution in [0.15, 0.2) is 22.0 Å². The van der Waals surface area contributed by atoms with Crippen LogP contribution >= 0.6 is 0 Å². The molecule has 2 rings (SSSR count). The fraction of sp³-hybridized carbons (Fsp3) is 0.214. The lowest BCUT2D eigenvalue weighted by Gasteiger charge is -2.06. The molecule has 1 heterocycles. The predicted molar refractivity (Wildman–Crippen MR) is 86.9 cm³/mol. The molecule has 0 aliphatic heterocycles. The first-order valence-electron chi connectivity index (χ1n) is 6.75. The second-order valence-electron chi connectivity index (χ2n) is 4.84. The van der Waals surface area contributed by atoms with Gasteiger partial charge in [-0.05, 0) is 13.8 Å². The summed E-state index contributed by atoms with van der Waals surface area (Å²) in [6, 6.07) is 2.24. The first-order valence-corrected chi connectivity index (χ1v) is 6.75. The minimum Gasteiger partial charge on any atom is -0.504 e. The van der Waals surface area contributed by atoms with Gasteiger partial charge in [-0.2, -0.15) is 5.10 Å². The number of non-ortho nitro benzene ring substituents is 1. The quantitative estimate of drug-likeness (QED) is 0.427. The number of nitro benzene ring substituents is 1. The van der Waals surface area contributed by atoms with Gasteiger partial charge in [0.05, 0.1) is 24.3 Å². The Morgan fingerprint density at radius 2 is 2.17 bits per heavy atom. The SMILES string of the molecule is COc1cc([N+](=O)[O-])cc(/C=N\Nc2nc(C)c(C)c(=O)[nH]2)c1O. The zero-order chi connectivity index (χ0) is 17.9. The number of ether oxygens (including phenoxy) is 1. The van der Waals surface area contributed by atoms with Crippen molar-refractivity contribution in [2.75, 3.05) is 12.5 Å². The number of hydrogen-bond acceptors (Lipinski definition) is 8. The third kappa shape index (κ3) is 3.48. The highest BCUT2D eigenvalue weighted by Crippen LogP contribution is 2.33. The molecular weight excluding hydrogens is 318 g/mol. The summed E-state index contributed by atoms with van der Waals surface area (Å²) in [5.74, 6) is -0.241. The van der Waals surface area contributed by atoms with E-state index in [2.05, 4.69) is 20.5 Å². The van der Waals surface area contributed by atoms with Gasteiger partial charge in [-0.3, -0.25) is 19.9 Å². The van der Waals surface area contributed by atoms with E-state index in [0.29, 0.717) is 11.3 Å². The zero-order valence-electron chi connectivity index (χ0n) is 13.2. The lowest BCUT2D eigenvalue weighted by molar-refractivity contribution is -0.385. The first kappa shape index (κ1) is 16.9. The van der Waals surface area contributed by atoms with Crippen molar-refractivity contribution < 1.29 is 14.8 Å². The standard InChI is InChI=1S/C14H15N5O5/c1-7-8(2)16-14(17-13(7)21)18-15-6-9-4-10(19(22)23)5-11(24-3)12(9)20/h4-6,20H,1-3H3,(H2,16,17,18,21)/b15-6-. The number of aromatic amines is 1. The van der Waals surface area contributed by atoms with E-state index in [1.165, 1.54) is 7.11 Å². The molecule has 0 saturated heterocycles. The third-order valence-electron chi connectivity index (χ3n) is 3.29. The van der Waals surface area contributed by atoms with Gasteiger partial charge in [-0.15, -0.1) is 0 Å². The van der Waals surface area contributed by atoms with Crippen LogP contribution in [0.1, 0.15) is 16.8 Å². The summed E-state index contributed by atoms with van der Waals surface area (Å²) >= 11 is 0. The molecule has 24 heavy (non-hydrogen) atoms. The van der Waals surface area contributed by atoms with Crippen molar-refractivity contribution in [2.45, 2.75) is 13.8 Å². The number of aromatic nitrogens is 2. The number of rotatable bonds is 5. The third-order valence-corrected chi connectivity index (χ3v) is 3.29. The molecule has 0 spiro atoms. The number of methoxy groups -OCH3 is 1. The Hall–Kier alpha value is -3.43. The Balaban J connectivity index is 2.30. The summed E-state index contributed by atoms with van der Waals surface area (Å²) in [5, 5.41) is 24.7. The number of phenolic OH excluding ortho intramolecular Hbond substituents is 1. The molecule has 0 bridgehead atoms. The number of aryl methyl sites for hydroxylation is 1. The molecule has 0 atom stereocenters. The van der Waals surface area contributed by atoms with E-state index < -0.39 is 4.92 Å². The molecule has 0 amide bonds. The van der Waals surface area contributed by atoms with Gasteiger partial charge in [0.25, 0.3) is 11.2 Å². The summed E-state index contributed by atoms with van der Waals surface area (Å²) in [7, 11) is 1.28. The molecule has 0 aliphatic rings. The summed E-state index contributed by atoms with van der Waals surface area (Å²) in [5.41, 5.74) is 3.03. The average Bonchev–Trinajstić information content (AvgIpc) is 2.53. The summed E-state index contributed by atoms with van der Waals surface area (Å²) < 4.78 is 4.89. The van der Waals surface area contributed by atoms with Crippen LogP contribution < -0.4 is 15.7 Å². The molecule has 1 aromatic heterocycles. The molecule has 0 aliphatic carbocycles. The lowest BCUT2D eigenvalue weighted by Crippen LogP contribution is -2.15. The normalized spacial score (nSPS) is 10.8. The zero-order valence-corrected chi connectivity index (χ0v) is 13.2. The maximum absolute atomic E-state index is 11.6. The van der Waals surface area contributed by atoms with Gasteiger partial charge in [0.1, 0.15) is 0 Å². The Labute approximate surface area is 136 Å². The van der Waals surface area contributed by atoms with Crippen molar-refractivity contribution >= 4 is 17.9 Å². The number of anilines is 1. The van der Waals surface area contributed by atoms with Gasteiger partial charge >= 0.3 is 0 Å². The summed E-state index contributed by atoms with van der Waals surface area (Å²) in [6.45, 7) is 3.32. The summed E-state index contributed by atoms with van der Waals surface area (Å²) in [4.78, 5) is 28.5. The fourth-order valence-electron chi connectivity index (χ4n) is 1.83. The van der Waals surface area contributed by atoms with Crippen LogP contribution in [-0.2, 0) is 0 Å². The molecule has 0 unspecified atom stereocenters. The molecule has 0 fully saturated rings. The van der Waals surface area contributed by atoms with Crippen LogP contribution in [0, 0.1) is 24.0 Å². The molecule has 3 N–H and O–H groups in total. The van der Waals surface area contributed by atoms with Crippen molar-refractivity contribution in [3.05, 3.63) is 49.4 Å². The monoisotopic (exact) mass is 333 g/mol. The van der Waals surface area contributed by atoms with E-state index >= 15 is 0 Å². The Morgan fingerprint density at radius 3 is 2.75 bits per heavy atom.